The van der Waals surface area contributed by atoms with E-state index in [4.69, 9.17) is 12.2 Å². The molecule has 1 aromatic heterocycles. The van der Waals surface area contributed by atoms with Gasteiger partial charge in [0.15, 0.2) is 5.82 Å². The van der Waals surface area contributed by atoms with Crippen LogP contribution in [0.15, 0.2) is 24.3 Å². The molecule has 3 nitrogen and oxygen atoms in total. The molecule has 14 heavy (non-hydrogen) atoms. The third kappa shape index (κ3) is 1.48. The van der Waals surface area contributed by atoms with Gasteiger partial charge in [-0.1, -0.05) is 24.4 Å². The number of nitrogens with one attached hydrogen (secondary N) is 1. The molecule has 2 aromatic rings. The highest BCUT2D eigenvalue weighted by Crippen LogP contribution is 2.11. The van der Waals surface area contributed by atoms with Crippen LogP contribution < -0.4 is 0 Å². The summed E-state index contributed by atoms with van der Waals surface area (Å²) in [4.78, 5) is 10.2. The summed E-state index contributed by atoms with van der Waals surface area (Å²) in [5, 5.41) is 0. The number of nitrogens with zero attached hydrogens (tertiary/aromatic N) is 2. The maximum Gasteiger partial charge on any atom is 0.166 e. The third-order valence-electron chi connectivity index (χ3n) is 2.00. The number of rotatable bonds is 1. The summed E-state index contributed by atoms with van der Waals surface area (Å²) in [6.07, 6.45) is 0. The minimum atomic E-state index is 0.723. The molecule has 72 valence electrons. The number of thiocarbonyl (C=S) groups is 1. The van der Waals surface area contributed by atoms with E-state index in [1.807, 2.05) is 43.3 Å². The zero-order chi connectivity index (χ0) is 10.1. The second-order valence-corrected chi connectivity index (χ2v) is 3.69. The van der Waals surface area contributed by atoms with Crippen LogP contribution in [0.2, 0.25) is 0 Å². The highest BCUT2D eigenvalue weighted by atomic mass is 32.1. The van der Waals surface area contributed by atoms with Gasteiger partial charge in [0.05, 0.1) is 11.0 Å². The molecule has 0 atom stereocenters. The van der Waals surface area contributed by atoms with Gasteiger partial charge < -0.3 is 9.88 Å². The standard InChI is InChI=1S/C10H11N3S/c1-13(2)10(14)9-11-7-5-3-4-6-8(7)12-9/h3-6H,1-2H3,(H,11,12). The molecule has 0 unspecified atom stereocenters. The highest BCUT2D eigenvalue weighted by Gasteiger charge is 2.08. The molecule has 1 aromatic carbocycles. The molecule has 1 heterocycles. The van der Waals surface area contributed by atoms with Gasteiger partial charge in [-0.3, -0.25) is 0 Å². The Bertz CT molecular complexity index is 440. The molecule has 4 heteroatoms. The summed E-state index contributed by atoms with van der Waals surface area (Å²) < 4.78 is 0. The summed E-state index contributed by atoms with van der Waals surface area (Å²) in [5.41, 5.74) is 1.97. The Hall–Kier alpha value is -1.42. The normalized spacial score (nSPS) is 10.4. The number of aromatic amines is 1. The zero-order valence-electron chi connectivity index (χ0n) is 8.11. The quantitative estimate of drug-likeness (QED) is 0.720. The fraction of sp³-hybridized carbons (Fsp3) is 0.200. The van der Waals surface area contributed by atoms with Crippen molar-refractivity contribution < 1.29 is 0 Å². The Kier molecular flexibility index (Phi) is 2.21. The van der Waals surface area contributed by atoms with Crippen LogP contribution >= 0.6 is 12.2 Å². The average Bonchev–Trinajstić information content (AvgIpc) is 2.59. The van der Waals surface area contributed by atoms with Crippen molar-refractivity contribution in [3.8, 4) is 0 Å². The van der Waals surface area contributed by atoms with Gasteiger partial charge in [-0.2, -0.15) is 0 Å². The van der Waals surface area contributed by atoms with Crippen molar-refractivity contribution in [1.82, 2.24) is 14.9 Å². The first-order valence-corrected chi connectivity index (χ1v) is 4.75. The molecule has 0 aliphatic heterocycles. The van der Waals surface area contributed by atoms with Gasteiger partial charge in [0, 0.05) is 14.1 Å². The van der Waals surface area contributed by atoms with Gasteiger partial charge >= 0.3 is 0 Å². The van der Waals surface area contributed by atoms with Crippen LogP contribution in [0.3, 0.4) is 0 Å². The van der Waals surface area contributed by atoms with E-state index >= 15 is 0 Å². The first-order valence-electron chi connectivity index (χ1n) is 4.35. The fourth-order valence-electron chi connectivity index (χ4n) is 1.27. The number of imidazole rings is 1. The molecule has 0 fully saturated rings. The lowest BCUT2D eigenvalue weighted by Crippen LogP contribution is -2.21. The van der Waals surface area contributed by atoms with Gasteiger partial charge in [0.2, 0.25) is 0 Å². The number of benzene rings is 1. The van der Waals surface area contributed by atoms with E-state index in [1.54, 1.807) is 0 Å². The van der Waals surface area contributed by atoms with Crippen molar-refractivity contribution in [3.63, 3.8) is 0 Å². The van der Waals surface area contributed by atoms with Gasteiger partial charge in [0.1, 0.15) is 4.99 Å². The van der Waals surface area contributed by atoms with Crippen LogP contribution in [0, 0.1) is 0 Å². The Morgan fingerprint density at radius 3 is 2.71 bits per heavy atom. The molecule has 0 aliphatic carbocycles. The fourth-order valence-corrected chi connectivity index (χ4v) is 1.36. The second kappa shape index (κ2) is 3.38. The van der Waals surface area contributed by atoms with Crippen molar-refractivity contribution in [2.45, 2.75) is 0 Å². The Morgan fingerprint density at radius 1 is 1.36 bits per heavy atom. The highest BCUT2D eigenvalue weighted by molar-refractivity contribution is 7.80. The van der Waals surface area contributed by atoms with Crippen LogP contribution in [0.5, 0.6) is 0 Å². The van der Waals surface area contributed by atoms with Gasteiger partial charge in [-0.25, -0.2) is 4.98 Å². The average molecular weight is 205 g/mol. The third-order valence-corrected chi connectivity index (χ3v) is 2.56. The number of H-pyrrole nitrogens is 1. The van der Waals surface area contributed by atoms with E-state index in [0.717, 1.165) is 21.8 Å². The number of hydrogen-bond acceptors (Lipinski definition) is 2. The molecule has 0 amide bonds. The summed E-state index contributed by atoms with van der Waals surface area (Å²) in [7, 11) is 3.82. The Labute approximate surface area is 87.8 Å². The van der Waals surface area contributed by atoms with E-state index in [0.29, 0.717) is 0 Å². The van der Waals surface area contributed by atoms with Crippen molar-refractivity contribution in [3.05, 3.63) is 30.1 Å². The lowest BCUT2D eigenvalue weighted by molar-refractivity contribution is 0.633. The molecule has 0 radical (unpaired) electrons. The molecular weight excluding hydrogens is 194 g/mol. The van der Waals surface area contributed by atoms with Crippen molar-refractivity contribution in [2.24, 2.45) is 0 Å². The van der Waals surface area contributed by atoms with E-state index in [2.05, 4.69) is 9.97 Å². The maximum absolute atomic E-state index is 5.22. The van der Waals surface area contributed by atoms with Crippen LogP contribution in [-0.4, -0.2) is 34.0 Å². The zero-order valence-corrected chi connectivity index (χ0v) is 8.93. The van der Waals surface area contributed by atoms with E-state index in [9.17, 15) is 0 Å². The SMILES string of the molecule is CN(C)C(=S)c1nc2ccccc2[nH]1. The first-order chi connectivity index (χ1) is 6.68. The van der Waals surface area contributed by atoms with Crippen LogP contribution in [-0.2, 0) is 0 Å². The predicted octanol–water partition coefficient (Wildman–Crippen LogP) is 1.80. The van der Waals surface area contributed by atoms with Crippen LogP contribution in [0.4, 0.5) is 0 Å². The largest absolute Gasteiger partial charge is 0.366 e. The summed E-state index contributed by atoms with van der Waals surface area (Å²) in [6, 6.07) is 7.90. The predicted molar refractivity (Wildman–Crippen MR) is 61.5 cm³/mol. The van der Waals surface area contributed by atoms with Gasteiger partial charge in [0.25, 0.3) is 0 Å². The summed E-state index contributed by atoms with van der Waals surface area (Å²) >= 11 is 5.22. The van der Waals surface area contributed by atoms with E-state index in [-0.39, 0.29) is 0 Å². The minimum Gasteiger partial charge on any atom is -0.366 e. The summed E-state index contributed by atoms with van der Waals surface area (Å²) in [5.74, 6) is 0.756. The molecule has 0 aliphatic rings. The smallest absolute Gasteiger partial charge is 0.166 e. The maximum atomic E-state index is 5.22. The van der Waals surface area contributed by atoms with Crippen LogP contribution in [0.1, 0.15) is 5.82 Å². The number of fused-ring (bicyclic) bond motifs is 1. The molecule has 1 N–H and O–H groups in total. The van der Waals surface area contributed by atoms with Crippen LogP contribution in [0.25, 0.3) is 11.0 Å². The molecule has 2 rings (SSSR count). The Morgan fingerprint density at radius 2 is 2.07 bits per heavy atom. The van der Waals surface area contributed by atoms with Crippen molar-refractivity contribution in [2.75, 3.05) is 14.1 Å². The lowest BCUT2D eigenvalue weighted by atomic mass is 10.3. The molecule has 0 saturated carbocycles. The van der Waals surface area contributed by atoms with Crippen molar-refractivity contribution >= 4 is 28.2 Å². The van der Waals surface area contributed by atoms with E-state index in [1.165, 1.54) is 0 Å². The monoisotopic (exact) mass is 205 g/mol. The van der Waals surface area contributed by atoms with Crippen molar-refractivity contribution in [1.29, 1.82) is 0 Å². The molecule has 0 saturated heterocycles. The molecule has 0 spiro atoms. The van der Waals surface area contributed by atoms with E-state index < -0.39 is 0 Å². The Balaban J connectivity index is 2.50. The summed E-state index contributed by atoms with van der Waals surface area (Å²) in [6.45, 7) is 0. The lowest BCUT2D eigenvalue weighted by Gasteiger charge is -2.09. The van der Waals surface area contributed by atoms with Gasteiger partial charge in [-0.15, -0.1) is 0 Å². The number of para-hydroxylation sites is 2. The minimum absolute atomic E-state index is 0.723. The number of hydrogen-bond donors (Lipinski definition) is 1. The number of aromatic nitrogens is 2. The van der Waals surface area contributed by atoms with Gasteiger partial charge in [-0.05, 0) is 12.1 Å². The first kappa shape index (κ1) is 9.15. The molecular formula is C10H11N3S. The topological polar surface area (TPSA) is 31.9 Å². The molecule has 0 bridgehead atoms. The second-order valence-electron chi connectivity index (χ2n) is 3.30.